The molecule has 1 aliphatic carbocycles. The predicted octanol–water partition coefficient (Wildman–Crippen LogP) is 2.34. The lowest BCUT2D eigenvalue weighted by molar-refractivity contribution is -0.122. The fourth-order valence-electron chi connectivity index (χ4n) is 5.08. The van der Waals surface area contributed by atoms with Crippen molar-refractivity contribution < 1.29 is 14.7 Å². The standard InChI is InChI=1S/C20H25N3O.CH2O2/c24-20(21-16-13-22-11-8-14(16)9-12-22)19-15-5-1-2-6-17(15)23-10-4-3-7-18(19)23;2-1-3/h3-4,7,10,14,16H,1-2,5-6,8-9,11-13H2,(H,21,24);1H,(H,2,3)/t16-;/m1./s1. The average molecular weight is 369 g/mol. The van der Waals surface area contributed by atoms with Crippen LogP contribution >= 0.6 is 0 Å². The van der Waals surface area contributed by atoms with E-state index in [1.807, 2.05) is 6.07 Å². The van der Waals surface area contributed by atoms with Crippen molar-refractivity contribution in [3.8, 4) is 0 Å². The molecule has 0 saturated carbocycles. The highest BCUT2D eigenvalue weighted by Crippen LogP contribution is 2.32. The maximum absolute atomic E-state index is 13.2. The zero-order chi connectivity index (χ0) is 18.8. The van der Waals surface area contributed by atoms with E-state index in [-0.39, 0.29) is 12.4 Å². The third kappa shape index (κ3) is 3.34. The van der Waals surface area contributed by atoms with Crippen LogP contribution in [0.25, 0.3) is 5.52 Å². The summed E-state index contributed by atoms with van der Waals surface area (Å²) >= 11 is 0. The molecule has 0 aromatic carbocycles. The second-order valence-corrected chi connectivity index (χ2v) is 7.79. The van der Waals surface area contributed by atoms with Crippen LogP contribution in [0.1, 0.15) is 47.3 Å². The number of nitrogens with zero attached hydrogens (tertiary/aromatic N) is 2. The molecule has 3 fully saturated rings. The third-order valence-electron chi connectivity index (χ3n) is 6.35. The van der Waals surface area contributed by atoms with Gasteiger partial charge in [0.05, 0.1) is 11.1 Å². The van der Waals surface area contributed by atoms with Gasteiger partial charge in [-0.3, -0.25) is 9.59 Å². The third-order valence-corrected chi connectivity index (χ3v) is 6.35. The molecular formula is C21H27N3O3. The minimum Gasteiger partial charge on any atom is -0.483 e. The summed E-state index contributed by atoms with van der Waals surface area (Å²) in [6, 6.07) is 6.55. The van der Waals surface area contributed by atoms with Gasteiger partial charge in [0.15, 0.2) is 0 Å². The molecule has 6 heteroatoms. The second-order valence-electron chi connectivity index (χ2n) is 7.79. The van der Waals surface area contributed by atoms with Crippen molar-refractivity contribution in [1.82, 2.24) is 14.6 Å². The minimum atomic E-state index is -0.250. The van der Waals surface area contributed by atoms with Gasteiger partial charge < -0.3 is 19.7 Å². The van der Waals surface area contributed by atoms with Crippen molar-refractivity contribution in [2.75, 3.05) is 19.6 Å². The van der Waals surface area contributed by atoms with Crippen LogP contribution in [0.15, 0.2) is 24.4 Å². The van der Waals surface area contributed by atoms with Gasteiger partial charge in [-0.2, -0.15) is 0 Å². The van der Waals surface area contributed by atoms with Gasteiger partial charge in [-0.1, -0.05) is 6.07 Å². The molecule has 3 saturated heterocycles. The molecule has 144 valence electrons. The van der Waals surface area contributed by atoms with E-state index in [2.05, 4.69) is 32.9 Å². The summed E-state index contributed by atoms with van der Waals surface area (Å²) in [7, 11) is 0. The number of aryl methyl sites for hydroxylation is 1. The van der Waals surface area contributed by atoms with Gasteiger partial charge in [0.2, 0.25) is 0 Å². The first-order valence-corrected chi connectivity index (χ1v) is 9.94. The van der Waals surface area contributed by atoms with Crippen LogP contribution in [-0.4, -0.2) is 52.5 Å². The summed E-state index contributed by atoms with van der Waals surface area (Å²) in [4.78, 5) is 24.1. The Kier molecular flexibility index (Phi) is 5.16. The van der Waals surface area contributed by atoms with E-state index in [4.69, 9.17) is 9.90 Å². The number of piperidine rings is 3. The van der Waals surface area contributed by atoms with E-state index in [1.54, 1.807) is 0 Å². The zero-order valence-corrected chi connectivity index (χ0v) is 15.6. The molecule has 2 aromatic heterocycles. The summed E-state index contributed by atoms with van der Waals surface area (Å²) in [6.07, 6.45) is 9.15. The van der Waals surface area contributed by atoms with Crippen molar-refractivity contribution in [3.63, 3.8) is 0 Å². The molecule has 2 aromatic rings. The smallest absolute Gasteiger partial charge is 0.290 e. The van der Waals surface area contributed by atoms with E-state index in [0.29, 0.717) is 12.0 Å². The quantitative estimate of drug-likeness (QED) is 0.797. The molecule has 1 atom stereocenters. The molecular weight excluding hydrogens is 342 g/mol. The Morgan fingerprint density at radius 2 is 1.93 bits per heavy atom. The normalized spacial score (nSPS) is 26.0. The van der Waals surface area contributed by atoms with E-state index in [9.17, 15) is 4.79 Å². The van der Waals surface area contributed by atoms with Gasteiger partial charge in [-0.05, 0) is 75.2 Å². The number of hydrogen-bond donors (Lipinski definition) is 2. The van der Waals surface area contributed by atoms with Crippen molar-refractivity contribution in [2.45, 2.75) is 44.6 Å². The second kappa shape index (κ2) is 7.72. The largest absolute Gasteiger partial charge is 0.483 e. The summed E-state index contributed by atoms with van der Waals surface area (Å²) in [5.74, 6) is 0.823. The number of carbonyl (C=O) groups excluding carboxylic acids is 1. The number of rotatable bonds is 2. The summed E-state index contributed by atoms with van der Waals surface area (Å²) in [5, 5.41) is 10.3. The van der Waals surface area contributed by atoms with Crippen LogP contribution in [0.2, 0.25) is 0 Å². The van der Waals surface area contributed by atoms with Crippen LogP contribution in [0.3, 0.4) is 0 Å². The van der Waals surface area contributed by atoms with E-state index in [1.165, 1.54) is 50.0 Å². The molecule has 6 nitrogen and oxygen atoms in total. The first kappa shape index (κ1) is 18.0. The number of hydrogen-bond acceptors (Lipinski definition) is 3. The molecule has 0 unspecified atom stereocenters. The van der Waals surface area contributed by atoms with E-state index in [0.717, 1.165) is 30.5 Å². The molecule has 1 amide bonds. The van der Waals surface area contributed by atoms with Gasteiger partial charge in [0, 0.05) is 24.5 Å². The van der Waals surface area contributed by atoms with Crippen molar-refractivity contribution in [3.05, 3.63) is 41.2 Å². The average Bonchev–Trinajstić information content (AvgIpc) is 3.04. The summed E-state index contributed by atoms with van der Waals surface area (Å²) in [6.45, 7) is 3.20. The van der Waals surface area contributed by atoms with E-state index < -0.39 is 0 Å². The van der Waals surface area contributed by atoms with Crippen LogP contribution in [0, 0.1) is 5.92 Å². The predicted molar refractivity (Wildman–Crippen MR) is 103 cm³/mol. The lowest BCUT2D eigenvalue weighted by Gasteiger charge is -2.44. The lowest BCUT2D eigenvalue weighted by atomic mass is 9.84. The molecule has 0 spiro atoms. The van der Waals surface area contributed by atoms with Crippen LogP contribution in [-0.2, 0) is 17.6 Å². The molecule has 2 N–H and O–H groups in total. The monoisotopic (exact) mass is 369 g/mol. The molecule has 0 radical (unpaired) electrons. The number of pyridine rings is 1. The molecule has 27 heavy (non-hydrogen) atoms. The number of carbonyl (C=O) groups is 2. The Hall–Kier alpha value is -2.34. The molecule has 3 aliphatic heterocycles. The Morgan fingerprint density at radius 1 is 1.19 bits per heavy atom. The minimum absolute atomic E-state index is 0.153. The van der Waals surface area contributed by atoms with Crippen LogP contribution in [0.5, 0.6) is 0 Å². The summed E-state index contributed by atoms with van der Waals surface area (Å²) in [5.41, 5.74) is 4.69. The Bertz CT molecular complexity index is 837. The first-order chi connectivity index (χ1) is 13.2. The fraction of sp³-hybridized carbons (Fsp3) is 0.524. The fourth-order valence-corrected chi connectivity index (χ4v) is 5.08. The zero-order valence-electron chi connectivity index (χ0n) is 15.6. The summed E-state index contributed by atoms with van der Waals surface area (Å²) < 4.78 is 2.25. The highest BCUT2D eigenvalue weighted by atomic mass is 16.3. The lowest BCUT2D eigenvalue weighted by Crippen LogP contribution is -2.57. The highest BCUT2D eigenvalue weighted by molar-refractivity contribution is 6.03. The van der Waals surface area contributed by atoms with Gasteiger partial charge in [-0.15, -0.1) is 0 Å². The van der Waals surface area contributed by atoms with Crippen molar-refractivity contribution in [1.29, 1.82) is 0 Å². The Morgan fingerprint density at radius 3 is 2.63 bits per heavy atom. The maximum atomic E-state index is 13.2. The SMILES string of the molecule is O=C(N[C@@H]1CN2CCC1CC2)c1c2c(n3ccccc13)CCCC2.O=CO. The maximum Gasteiger partial charge on any atom is 0.290 e. The topological polar surface area (TPSA) is 74.0 Å². The van der Waals surface area contributed by atoms with Gasteiger partial charge >= 0.3 is 0 Å². The number of amides is 1. The van der Waals surface area contributed by atoms with E-state index >= 15 is 0 Å². The number of carboxylic acid groups (broad SMARTS) is 1. The number of fused-ring (bicyclic) bond motifs is 6. The van der Waals surface area contributed by atoms with Gasteiger partial charge in [0.25, 0.3) is 12.4 Å². The Balaban J connectivity index is 0.000000565. The van der Waals surface area contributed by atoms with Gasteiger partial charge in [0.1, 0.15) is 0 Å². The number of nitrogens with one attached hydrogen (secondary N) is 1. The molecule has 6 rings (SSSR count). The Labute approximate surface area is 159 Å². The van der Waals surface area contributed by atoms with Crippen molar-refractivity contribution in [2.24, 2.45) is 5.92 Å². The molecule has 4 aliphatic rings. The number of aromatic nitrogens is 1. The van der Waals surface area contributed by atoms with Crippen LogP contribution < -0.4 is 5.32 Å². The highest BCUT2D eigenvalue weighted by Gasteiger charge is 2.36. The van der Waals surface area contributed by atoms with Crippen molar-refractivity contribution >= 4 is 17.9 Å². The molecule has 5 heterocycles. The molecule has 2 bridgehead atoms. The van der Waals surface area contributed by atoms with Gasteiger partial charge in [-0.25, -0.2) is 0 Å². The van der Waals surface area contributed by atoms with Crippen LogP contribution in [0.4, 0.5) is 0 Å². The first-order valence-electron chi connectivity index (χ1n) is 9.94.